The van der Waals surface area contributed by atoms with E-state index in [9.17, 15) is 14.1 Å². The number of phenols is 1. The number of amides is 1. The number of carbonyl (C=O) groups is 1. The molecule has 1 fully saturated rings. The fraction of sp³-hybridized carbons (Fsp3) is 0.158. The molecule has 1 aliphatic rings. The van der Waals surface area contributed by atoms with E-state index in [1.54, 1.807) is 7.11 Å². The average Bonchev–Trinajstić information content (AvgIpc) is 3.04. The minimum Gasteiger partial charge on any atom is -0.506 e. The van der Waals surface area contributed by atoms with E-state index in [1.807, 2.05) is 24.3 Å². The van der Waals surface area contributed by atoms with Gasteiger partial charge >= 0.3 is 0 Å². The van der Waals surface area contributed by atoms with Gasteiger partial charge in [-0.05, 0) is 29.8 Å². The van der Waals surface area contributed by atoms with Gasteiger partial charge in [-0.2, -0.15) is 0 Å². The summed E-state index contributed by atoms with van der Waals surface area (Å²) in [6.45, 7) is -0.0260. The van der Waals surface area contributed by atoms with E-state index < -0.39 is 28.6 Å². The monoisotopic (exact) mass is 418 g/mol. The molecular weight excluding hydrogens is 399 g/mol. The zero-order valence-electron chi connectivity index (χ0n) is 15.5. The summed E-state index contributed by atoms with van der Waals surface area (Å²) in [5.41, 5.74) is 6.50. The molecule has 29 heavy (non-hydrogen) atoms. The molecule has 0 spiro atoms. The first-order chi connectivity index (χ1) is 13.9. The summed E-state index contributed by atoms with van der Waals surface area (Å²) < 4.78 is 35.3. The molecule has 1 amide bonds. The third kappa shape index (κ3) is 4.37. The number of aliphatic imine (C=N–C) groups is 1. The van der Waals surface area contributed by atoms with Gasteiger partial charge in [0, 0.05) is 23.6 Å². The molecule has 1 unspecified atom stereocenters. The second-order valence-corrected chi connectivity index (χ2v) is 7.19. The van der Waals surface area contributed by atoms with Gasteiger partial charge in [0.15, 0.2) is 5.82 Å². The van der Waals surface area contributed by atoms with Gasteiger partial charge in [0.25, 0.3) is 5.91 Å². The summed E-state index contributed by atoms with van der Waals surface area (Å²) in [6.07, 6.45) is 2.59. The van der Waals surface area contributed by atoms with E-state index in [2.05, 4.69) is 9.71 Å². The van der Waals surface area contributed by atoms with Crippen molar-refractivity contribution in [2.24, 2.45) is 10.7 Å². The molecule has 10 heteroatoms. The molecule has 1 aliphatic heterocycles. The summed E-state index contributed by atoms with van der Waals surface area (Å²) in [7, 11) is 1.57. The van der Waals surface area contributed by atoms with Crippen molar-refractivity contribution < 1.29 is 23.2 Å². The molecule has 1 atom stereocenters. The van der Waals surface area contributed by atoms with Crippen LogP contribution in [0.15, 0.2) is 47.6 Å². The third-order valence-corrected chi connectivity index (χ3v) is 5.28. The van der Waals surface area contributed by atoms with Crippen LogP contribution < -0.4 is 19.5 Å². The second kappa shape index (κ2) is 8.74. The third-order valence-electron chi connectivity index (χ3n) is 4.16. The number of carbonyl (C=O) groups excluding carboxylic acids is 1. The molecule has 0 saturated carbocycles. The lowest BCUT2D eigenvalue weighted by Gasteiger charge is -2.18. The fourth-order valence-corrected chi connectivity index (χ4v) is 3.72. The molecular formula is C19H19FN4O4S. The lowest BCUT2D eigenvalue weighted by atomic mass is 10.1. The molecule has 0 aromatic heterocycles. The minimum absolute atomic E-state index is 0.0473. The molecule has 2 aromatic carbocycles. The number of nitrogens with zero attached hydrogens (tertiary/aromatic N) is 2. The van der Waals surface area contributed by atoms with Gasteiger partial charge in [-0.1, -0.05) is 12.1 Å². The number of halogens is 1. The van der Waals surface area contributed by atoms with Crippen LogP contribution in [0.1, 0.15) is 11.1 Å². The van der Waals surface area contributed by atoms with Gasteiger partial charge in [-0.25, -0.2) is 8.60 Å². The Kier molecular flexibility index (Phi) is 6.13. The first-order valence-electron chi connectivity index (χ1n) is 8.50. The van der Waals surface area contributed by atoms with E-state index in [0.717, 1.165) is 9.87 Å². The normalized spacial score (nSPS) is 17.0. The maximum Gasteiger partial charge on any atom is 0.253 e. The van der Waals surface area contributed by atoms with Gasteiger partial charge < -0.3 is 15.6 Å². The Hall–Kier alpha value is -3.40. The number of benzene rings is 2. The number of phenolic OH excluding ortho intramolecular Hbond substituents is 1. The number of hydrogen-bond acceptors (Lipinski definition) is 6. The number of methoxy groups -OCH3 is 1. The van der Waals surface area contributed by atoms with Crippen LogP contribution in [-0.2, 0) is 22.5 Å². The summed E-state index contributed by atoms with van der Waals surface area (Å²) >= 11 is -1.98. The van der Waals surface area contributed by atoms with Crippen LogP contribution in [0, 0.1) is 5.82 Å². The van der Waals surface area contributed by atoms with E-state index in [0.29, 0.717) is 12.3 Å². The number of rotatable bonds is 6. The molecule has 0 radical (unpaired) electrons. The smallest absolute Gasteiger partial charge is 0.253 e. The van der Waals surface area contributed by atoms with Crippen molar-refractivity contribution in [3.05, 3.63) is 59.5 Å². The Morgan fingerprint density at radius 1 is 1.45 bits per heavy atom. The summed E-state index contributed by atoms with van der Waals surface area (Å²) in [5.74, 6) is -1.15. The van der Waals surface area contributed by atoms with Crippen LogP contribution in [0.4, 0.5) is 10.1 Å². The van der Waals surface area contributed by atoms with Gasteiger partial charge in [0.1, 0.15) is 23.7 Å². The number of nitrogens with two attached hydrogens (primary N) is 1. The molecule has 1 saturated heterocycles. The van der Waals surface area contributed by atoms with Gasteiger partial charge in [-0.3, -0.25) is 18.8 Å². The highest BCUT2D eigenvalue weighted by Crippen LogP contribution is 2.36. The quantitative estimate of drug-likeness (QED) is 0.617. The number of aromatic hydroxyl groups is 1. The maximum absolute atomic E-state index is 15.1. The Morgan fingerprint density at radius 2 is 2.24 bits per heavy atom. The number of ether oxygens (including phenoxy) is 1. The molecule has 1 heterocycles. The first-order valence-corrected chi connectivity index (χ1v) is 9.60. The number of hydrogen-bond donors (Lipinski definition) is 3. The van der Waals surface area contributed by atoms with E-state index in [1.165, 1.54) is 24.5 Å². The largest absolute Gasteiger partial charge is 0.506 e. The Labute approximate surface area is 169 Å². The lowest BCUT2D eigenvalue weighted by Crippen LogP contribution is -2.24. The SMILES string of the molecule is COc1cccc(CN=C/C(=C\N)c2ccc(O)c(N3CC(=O)NS3=O)c2F)c1. The molecule has 4 N–H and O–H groups in total. The van der Waals surface area contributed by atoms with Crippen LogP contribution in [0.2, 0.25) is 0 Å². The molecule has 0 bridgehead atoms. The predicted molar refractivity (Wildman–Crippen MR) is 109 cm³/mol. The second-order valence-electron chi connectivity index (χ2n) is 6.05. The van der Waals surface area contributed by atoms with Crippen molar-refractivity contribution in [1.82, 2.24) is 4.72 Å². The van der Waals surface area contributed by atoms with E-state index >= 15 is 4.39 Å². The Balaban J connectivity index is 1.87. The van der Waals surface area contributed by atoms with Crippen molar-refractivity contribution in [3.8, 4) is 11.5 Å². The van der Waals surface area contributed by atoms with Crippen LogP contribution in [0.3, 0.4) is 0 Å². The number of anilines is 1. The molecule has 2 aromatic rings. The van der Waals surface area contributed by atoms with Crippen molar-refractivity contribution >= 4 is 34.6 Å². The first kappa shape index (κ1) is 20.3. The highest BCUT2D eigenvalue weighted by Gasteiger charge is 2.32. The van der Waals surface area contributed by atoms with Gasteiger partial charge in [-0.15, -0.1) is 0 Å². The number of nitrogens with one attached hydrogen (secondary N) is 1. The summed E-state index contributed by atoms with van der Waals surface area (Å²) in [5, 5.41) is 10.1. The van der Waals surface area contributed by atoms with Crippen LogP contribution in [-0.4, -0.2) is 35.1 Å². The van der Waals surface area contributed by atoms with Crippen molar-refractivity contribution in [1.29, 1.82) is 0 Å². The zero-order valence-corrected chi connectivity index (χ0v) is 16.3. The van der Waals surface area contributed by atoms with Crippen molar-refractivity contribution in [2.75, 3.05) is 18.0 Å². The van der Waals surface area contributed by atoms with E-state index in [-0.39, 0.29) is 23.4 Å². The van der Waals surface area contributed by atoms with Gasteiger partial charge in [0.05, 0.1) is 13.7 Å². The predicted octanol–water partition coefficient (Wildman–Crippen LogP) is 1.63. The highest BCUT2D eigenvalue weighted by atomic mass is 32.2. The zero-order chi connectivity index (χ0) is 21.0. The summed E-state index contributed by atoms with van der Waals surface area (Å²) in [4.78, 5) is 15.7. The van der Waals surface area contributed by atoms with E-state index in [4.69, 9.17) is 10.5 Å². The fourth-order valence-electron chi connectivity index (χ4n) is 2.77. The molecule has 8 nitrogen and oxygen atoms in total. The van der Waals surface area contributed by atoms with Crippen molar-refractivity contribution in [3.63, 3.8) is 0 Å². The topological polar surface area (TPSA) is 117 Å². The van der Waals surface area contributed by atoms with Crippen LogP contribution in [0.5, 0.6) is 11.5 Å². The number of allylic oxidation sites excluding steroid dienone is 1. The lowest BCUT2D eigenvalue weighted by molar-refractivity contribution is -0.117. The Morgan fingerprint density at radius 3 is 2.90 bits per heavy atom. The van der Waals surface area contributed by atoms with Gasteiger partial charge in [0.2, 0.25) is 11.2 Å². The average molecular weight is 418 g/mol. The molecule has 3 rings (SSSR count). The highest BCUT2D eigenvalue weighted by molar-refractivity contribution is 7.85. The minimum atomic E-state index is -1.98. The Bertz CT molecular complexity index is 1030. The van der Waals surface area contributed by atoms with Crippen LogP contribution >= 0.6 is 0 Å². The molecule has 0 aliphatic carbocycles. The standard InChI is InChI=1S/C19H19FN4O4S/c1-28-14-4-2-3-12(7-14)9-22-10-13(8-21)15-5-6-16(25)19(18(15)20)24-11-17(26)23-29(24)27/h2-8,10,25H,9,11,21H2,1H3,(H,23,26)/b13-8+,22-10?. The maximum atomic E-state index is 15.1. The molecule has 152 valence electrons. The van der Waals surface area contributed by atoms with Crippen LogP contribution in [0.25, 0.3) is 5.57 Å². The van der Waals surface area contributed by atoms with Crippen molar-refractivity contribution in [2.45, 2.75) is 6.54 Å². The summed E-state index contributed by atoms with van der Waals surface area (Å²) in [6, 6.07) is 9.92.